The Morgan fingerprint density at radius 1 is 1.03 bits per heavy atom. The molecule has 0 radical (unpaired) electrons. The molecule has 0 aromatic heterocycles. The van der Waals surface area contributed by atoms with Crippen molar-refractivity contribution in [2.75, 3.05) is 23.3 Å². The van der Waals surface area contributed by atoms with Crippen molar-refractivity contribution in [1.29, 1.82) is 0 Å². The number of hydrogen-bond acceptors (Lipinski definition) is 4. The van der Waals surface area contributed by atoms with Crippen molar-refractivity contribution in [1.82, 2.24) is 0 Å². The molecular formula is C24H21ClN2O4S. The van der Waals surface area contributed by atoms with Crippen LogP contribution in [0.5, 0.6) is 5.75 Å². The van der Waals surface area contributed by atoms with Crippen molar-refractivity contribution >= 4 is 44.5 Å². The standard InChI is InChI=1S/C24H21ClN2O4S/c1-3-31-21-12-8-7-11-19(21)26-24(28)23-22(16-9-5-4-6-10-16)18-15-17(25)13-14-20(18)27(2)32(23,29)30/h4-15H,3H2,1-2H3,(H,26,28). The van der Waals surface area contributed by atoms with Gasteiger partial charge in [0.05, 0.1) is 18.0 Å². The number of rotatable bonds is 5. The largest absolute Gasteiger partial charge is 0.492 e. The normalized spacial score (nSPS) is 14.7. The van der Waals surface area contributed by atoms with Crippen LogP contribution in [0.1, 0.15) is 18.1 Å². The second-order valence-electron chi connectivity index (χ2n) is 7.09. The number of fused-ring (bicyclic) bond motifs is 1. The SMILES string of the molecule is CCOc1ccccc1NC(=O)C1=C(c2ccccc2)c2cc(Cl)ccc2N(C)S1(=O)=O. The number of carbonyl (C=O) groups excluding carboxylic acids is 1. The van der Waals surface area contributed by atoms with Crippen LogP contribution in [0.15, 0.2) is 77.7 Å². The van der Waals surface area contributed by atoms with E-state index in [9.17, 15) is 13.2 Å². The molecule has 3 aromatic carbocycles. The van der Waals surface area contributed by atoms with Crippen molar-refractivity contribution < 1.29 is 17.9 Å². The number of amides is 1. The summed E-state index contributed by atoms with van der Waals surface area (Å²) in [6, 6.07) is 20.8. The molecule has 0 bridgehead atoms. The van der Waals surface area contributed by atoms with Gasteiger partial charge in [-0.05, 0) is 42.8 Å². The molecule has 1 aliphatic heterocycles. The van der Waals surface area contributed by atoms with Crippen LogP contribution in [-0.2, 0) is 14.8 Å². The Morgan fingerprint density at radius 2 is 1.72 bits per heavy atom. The molecule has 1 N–H and O–H groups in total. The average Bonchev–Trinajstić information content (AvgIpc) is 2.78. The predicted molar refractivity (Wildman–Crippen MR) is 127 cm³/mol. The molecule has 0 spiro atoms. The summed E-state index contributed by atoms with van der Waals surface area (Å²) in [5.41, 5.74) is 2.28. The first-order chi connectivity index (χ1) is 15.3. The van der Waals surface area contributed by atoms with Crippen LogP contribution in [0.3, 0.4) is 0 Å². The zero-order valence-electron chi connectivity index (χ0n) is 17.5. The van der Waals surface area contributed by atoms with E-state index < -0.39 is 15.9 Å². The van der Waals surface area contributed by atoms with Crippen molar-refractivity contribution in [2.45, 2.75) is 6.92 Å². The molecule has 0 fully saturated rings. The number of ether oxygens (including phenoxy) is 1. The Bertz CT molecular complexity index is 1320. The lowest BCUT2D eigenvalue weighted by Crippen LogP contribution is -2.37. The van der Waals surface area contributed by atoms with Crippen LogP contribution in [-0.4, -0.2) is 28.0 Å². The highest BCUT2D eigenvalue weighted by atomic mass is 35.5. The van der Waals surface area contributed by atoms with Gasteiger partial charge in [0.25, 0.3) is 15.9 Å². The van der Waals surface area contributed by atoms with Crippen LogP contribution in [0.4, 0.5) is 11.4 Å². The highest BCUT2D eigenvalue weighted by Gasteiger charge is 2.40. The zero-order valence-corrected chi connectivity index (χ0v) is 19.1. The van der Waals surface area contributed by atoms with Crippen LogP contribution in [0.25, 0.3) is 5.57 Å². The molecule has 0 aliphatic carbocycles. The summed E-state index contributed by atoms with van der Waals surface area (Å²) in [5.74, 6) is -0.302. The van der Waals surface area contributed by atoms with Gasteiger partial charge in [-0.25, -0.2) is 8.42 Å². The monoisotopic (exact) mass is 468 g/mol. The van der Waals surface area contributed by atoms with Crippen LogP contribution in [0.2, 0.25) is 5.02 Å². The van der Waals surface area contributed by atoms with Gasteiger partial charge >= 0.3 is 0 Å². The van der Waals surface area contributed by atoms with Gasteiger partial charge in [-0.3, -0.25) is 9.10 Å². The van der Waals surface area contributed by atoms with Crippen molar-refractivity contribution in [3.8, 4) is 5.75 Å². The Morgan fingerprint density at radius 3 is 2.44 bits per heavy atom. The van der Waals surface area contributed by atoms with Gasteiger partial charge in [0.1, 0.15) is 5.75 Å². The Balaban J connectivity index is 1.96. The number of nitrogens with one attached hydrogen (secondary N) is 1. The highest BCUT2D eigenvalue weighted by Crippen LogP contribution is 2.43. The number of sulfonamides is 1. The van der Waals surface area contributed by atoms with E-state index in [4.69, 9.17) is 16.3 Å². The minimum absolute atomic E-state index is 0.299. The van der Waals surface area contributed by atoms with Gasteiger partial charge < -0.3 is 10.1 Å². The third-order valence-corrected chi connectivity index (χ3v) is 7.17. The van der Waals surface area contributed by atoms with E-state index in [-0.39, 0.29) is 4.91 Å². The number of hydrogen-bond donors (Lipinski definition) is 1. The lowest BCUT2D eigenvalue weighted by atomic mass is 9.95. The molecule has 0 saturated carbocycles. The lowest BCUT2D eigenvalue weighted by Gasteiger charge is -2.31. The van der Waals surface area contributed by atoms with Gasteiger partial charge in [0.2, 0.25) is 0 Å². The second-order valence-corrected chi connectivity index (χ2v) is 9.43. The smallest absolute Gasteiger partial charge is 0.270 e. The maximum absolute atomic E-state index is 13.5. The molecule has 4 rings (SSSR count). The fourth-order valence-corrected chi connectivity index (χ4v) is 5.29. The molecule has 32 heavy (non-hydrogen) atoms. The Labute approximate surface area is 192 Å². The summed E-state index contributed by atoms with van der Waals surface area (Å²) in [7, 11) is -2.73. The number of halogens is 1. The molecule has 8 heteroatoms. The van der Waals surface area contributed by atoms with Gasteiger partial charge in [0, 0.05) is 23.2 Å². The molecule has 164 valence electrons. The van der Waals surface area contributed by atoms with E-state index in [0.717, 1.165) is 4.31 Å². The van der Waals surface area contributed by atoms with E-state index in [1.54, 1.807) is 66.7 Å². The fourth-order valence-electron chi connectivity index (χ4n) is 3.65. The molecule has 6 nitrogen and oxygen atoms in total. The van der Waals surface area contributed by atoms with E-state index in [1.807, 2.05) is 13.0 Å². The molecule has 0 atom stereocenters. The fraction of sp³-hybridized carbons (Fsp3) is 0.125. The predicted octanol–water partition coefficient (Wildman–Crippen LogP) is 4.92. The zero-order chi connectivity index (χ0) is 22.9. The lowest BCUT2D eigenvalue weighted by molar-refractivity contribution is -0.112. The van der Waals surface area contributed by atoms with Crippen LogP contribution >= 0.6 is 11.6 Å². The number of nitrogens with zero attached hydrogens (tertiary/aromatic N) is 1. The van der Waals surface area contributed by atoms with Gasteiger partial charge in [-0.2, -0.15) is 0 Å². The first kappa shape index (κ1) is 21.9. The van der Waals surface area contributed by atoms with Crippen molar-refractivity contribution in [2.24, 2.45) is 0 Å². The van der Waals surface area contributed by atoms with E-state index in [1.165, 1.54) is 7.05 Å². The summed E-state index contributed by atoms with van der Waals surface area (Å²) < 4.78 is 33.7. The van der Waals surface area contributed by atoms with E-state index in [2.05, 4.69) is 5.32 Å². The number of benzene rings is 3. The van der Waals surface area contributed by atoms with Crippen molar-refractivity contribution in [3.63, 3.8) is 0 Å². The van der Waals surface area contributed by atoms with Crippen molar-refractivity contribution in [3.05, 3.63) is 93.9 Å². The summed E-state index contributed by atoms with van der Waals surface area (Å²) in [6.45, 7) is 2.23. The summed E-state index contributed by atoms with van der Waals surface area (Å²) >= 11 is 6.25. The Kier molecular flexibility index (Phi) is 5.95. The maximum Gasteiger partial charge on any atom is 0.270 e. The van der Waals surface area contributed by atoms with E-state index >= 15 is 0 Å². The van der Waals surface area contributed by atoms with Crippen LogP contribution < -0.4 is 14.4 Å². The summed E-state index contributed by atoms with van der Waals surface area (Å²) in [4.78, 5) is 13.1. The second kappa shape index (κ2) is 8.68. The molecule has 1 aliphatic rings. The minimum Gasteiger partial charge on any atom is -0.492 e. The quantitative estimate of drug-likeness (QED) is 0.576. The number of para-hydroxylation sites is 2. The van der Waals surface area contributed by atoms with Gasteiger partial charge in [-0.1, -0.05) is 54.1 Å². The highest BCUT2D eigenvalue weighted by molar-refractivity contribution is 7.97. The summed E-state index contributed by atoms with van der Waals surface area (Å²) in [6.07, 6.45) is 0. The van der Waals surface area contributed by atoms with E-state index in [0.29, 0.717) is 45.5 Å². The third-order valence-electron chi connectivity index (χ3n) is 5.12. The van der Waals surface area contributed by atoms with Gasteiger partial charge in [-0.15, -0.1) is 0 Å². The molecule has 1 amide bonds. The molecular weight excluding hydrogens is 448 g/mol. The Hall–Kier alpha value is -3.29. The number of anilines is 2. The maximum atomic E-state index is 13.5. The minimum atomic E-state index is -4.15. The third kappa shape index (κ3) is 3.85. The molecule has 0 unspecified atom stereocenters. The average molecular weight is 469 g/mol. The number of carbonyl (C=O) groups is 1. The summed E-state index contributed by atoms with van der Waals surface area (Å²) in [5, 5.41) is 3.16. The van der Waals surface area contributed by atoms with Gasteiger partial charge in [0.15, 0.2) is 4.91 Å². The first-order valence-corrected chi connectivity index (χ1v) is 11.8. The molecule has 1 heterocycles. The van der Waals surface area contributed by atoms with Crippen LogP contribution in [0, 0.1) is 0 Å². The first-order valence-electron chi connectivity index (χ1n) is 9.96. The molecule has 0 saturated heterocycles. The topological polar surface area (TPSA) is 75.7 Å². The molecule has 3 aromatic rings.